The molecule has 3 aromatic rings. The van der Waals surface area contributed by atoms with E-state index in [-0.39, 0.29) is 23.0 Å². The molecule has 0 saturated heterocycles. The van der Waals surface area contributed by atoms with Crippen molar-refractivity contribution < 1.29 is 17.6 Å². The Labute approximate surface area is 158 Å². The Morgan fingerprint density at radius 1 is 0.963 bits per heavy atom. The number of sulfone groups is 1. The molecule has 2 atom stereocenters. The van der Waals surface area contributed by atoms with Crippen molar-refractivity contribution in [3.63, 3.8) is 0 Å². The highest BCUT2D eigenvalue weighted by Crippen LogP contribution is 2.23. The van der Waals surface area contributed by atoms with Gasteiger partial charge in [-0.25, -0.2) is 13.2 Å². The maximum Gasteiger partial charge on any atom is 0.315 e. The lowest BCUT2D eigenvalue weighted by molar-refractivity contribution is 0.233. The Morgan fingerprint density at radius 3 is 2.22 bits per heavy atom. The van der Waals surface area contributed by atoms with Crippen LogP contribution >= 0.6 is 0 Å². The molecule has 2 N–H and O–H groups in total. The third kappa shape index (κ3) is 4.49. The van der Waals surface area contributed by atoms with Crippen molar-refractivity contribution in [1.82, 2.24) is 10.6 Å². The van der Waals surface area contributed by atoms with Gasteiger partial charge in [-0.1, -0.05) is 30.3 Å². The first-order chi connectivity index (χ1) is 12.7. The maximum atomic E-state index is 12.3. The van der Waals surface area contributed by atoms with E-state index in [0.29, 0.717) is 5.76 Å². The Kier molecular flexibility index (Phi) is 5.23. The quantitative estimate of drug-likeness (QED) is 0.695. The summed E-state index contributed by atoms with van der Waals surface area (Å²) >= 11 is 0. The SMILES string of the molecule is CC(NC(=O)NC(C)c1cc2ccccc2o1)c1ccc(S(C)(=O)=O)cc1. The van der Waals surface area contributed by atoms with Gasteiger partial charge in [-0.05, 0) is 43.7 Å². The maximum absolute atomic E-state index is 12.3. The summed E-state index contributed by atoms with van der Waals surface area (Å²) in [6, 6.07) is 15.2. The third-order valence-corrected chi connectivity index (χ3v) is 5.50. The van der Waals surface area contributed by atoms with Gasteiger partial charge in [0, 0.05) is 11.6 Å². The third-order valence-electron chi connectivity index (χ3n) is 4.37. The van der Waals surface area contributed by atoms with E-state index in [2.05, 4.69) is 10.6 Å². The number of hydrogen-bond donors (Lipinski definition) is 2. The lowest BCUT2D eigenvalue weighted by Crippen LogP contribution is -2.38. The van der Waals surface area contributed by atoms with Crippen LogP contribution in [0.3, 0.4) is 0 Å². The number of carbonyl (C=O) groups is 1. The van der Waals surface area contributed by atoms with Gasteiger partial charge in [-0.15, -0.1) is 0 Å². The van der Waals surface area contributed by atoms with Crippen molar-refractivity contribution in [2.24, 2.45) is 0 Å². The van der Waals surface area contributed by atoms with E-state index in [1.54, 1.807) is 12.1 Å². The molecule has 142 valence electrons. The van der Waals surface area contributed by atoms with Crippen LogP contribution in [0.15, 0.2) is 63.9 Å². The number of hydrogen-bond acceptors (Lipinski definition) is 4. The smallest absolute Gasteiger partial charge is 0.315 e. The predicted octanol–water partition coefficient (Wildman–Crippen LogP) is 3.96. The number of benzene rings is 2. The molecule has 1 aromatic heterocycles. The lowest BCUT2D eigenvalue weighted by Gasteiger charge is -2.17. The molecule has 2 aromatic carbocycles. The molecule has 1 heterocycles. The van der Waals surface area contributed by atoms with Crippen LogP contribution in [0.5, 0.6) is 0 Å². The number of nitrogens with one attached hydrogen (secondary N) is 2. The zero-order valence-corrected chi connectivity index (χ0v) is 16.2. The fourth-order valence-corrected chi connectivity index (χ4v) is 3.44. The number of fused-ring (bicyclic) bond motifs is 1. The zero-order chi connectivity index (χ0) is 19.6. The molecular weight excluding hydrogens is 364 g/mol. The molecule has 0 saturated carbocycles. The number of urea groups is 1. The summed E-state index contributed by atoms with van der Waals surface area (Å²) in [4.78, 5) is 12.5. The summed E-state index contributed by atoms with van der Waals surface area (Å²) in [7, 11) is -3.24. The summed E-state index contributed by atoms with van der Waals surface area (Å²) in [6.07, 6.45) is 1.16. The van der Waals surface area contributed by atoms with E-state index in [4.69, 9.17) is 4.42 Å². The Bertz CT molecular complexity index is 1020. The van der Waals surface area contributed by atoms with Crippen molar-refractivity contribution in [3.8, 4) is 0 Å². The molecule has 0 bridgehead atoms. The van der Waals surface area contributed by atoms with Gasteiger partial charge in [-0.3, -0.25) is 0 Å². The van der Waals surface area contributed by atoms with E-state index in [1.807, 2.05) is 44.2 Å². The second-order valence-electron chi connectivity index (χ2n) is 6.59. The molecule has 0 aliphatic carbocycles. The molecule has 27 heavy (non-hydrogen) atoms. The van der Waals surface area contributed by atoms with Crippen LogP contribution in [-0.4, -0.2) is 20.7 Å². The minimum absolute atomic E-state index is 0.251. The predicted molar refractivity (Wildman–Crippen MR) is 104 cm³/mol. The highest BCUT2D eigenvalue weighted by atomic mass is 32.2. The second kappa shape index (κ2) is 7.44. The Balaban J connectivity index is 1.62. The summed E-state index contributed by atoms with van der Waals surface area (Å²) in [5.41, 5.74) is 1.59. The van der Waals surface area contributed by atoms with Crippen LogP contribution in [-0.2, 0) is 9.84 Å². The monoisotopic (exact) mass is 386 g/mol. The van der Waals surface area contributed by atoms with Crippen molar-refractivity contribution in [2.75, 3.05) is 6.26 Å². The van der Waals surface area contributed by atoms with Crippen LogP contribution in [0.1, 0.15) is 37.3 Å². The van der Waals surface area contributed by atoms with Gasteiger partial charge in [-0.2, -0.15) is 0 Å². The van der Waals surface area contributed by atoms with E-state index >= 15 is 0 Å². The van der Waals surface area contributed by atoms with Gasteiger partial charge in [0.05, 0.1) is 17.0 Å². The number of rotatable bonds is 5. The number of furan rings is 1. The minimum Gasteiger partial charge on any atom is -0.459 e. The van der Waals surface area contributed by atoms with Gasteiger partial charge in [0.15, 0.2) is 9.84 Å². The molecule has 6 nitrogen and oxygen atoms in total. The molecule has 0 aliphatic heterocycles. The van der Waals surface area contributed by atoms with Crippen molar-refractivity contribution in [3.05, 3.63) is 65.9 Å². The molecule has 3 rings (SSSR count). The molecule has 2 amide bonds. The van der Waals surface area contributed by atoms with Crippen molar-refractivity contribution >= 4 is 26.8 Å². The molecule has 0 spiro atoms. The topological polar surface area (TPSA) is 88.4 Å². The normalized spacial score (nSPS) is 13.9. The second-order valence-corrected chi connectivity index (χ2v) is 8.60. The van der Waals surface area contributed by atoms with Crippen molar-refractivity contribution in [1.29, 1.82) is 0 Å². The van der Waals surface area contributed by atoms with Gasteiger partial charge < -0.3 is 15.1 Å². The first kappa shape index (κ1) is 19.0. The Hall–Kier alpha value is -2.80. The zero-order valence-electron chi connectivity index (χ0n) is 15.4. The summed E-state index contributed by atoms with van der Waals surface area (Å²) in [5, 5.41) is 6.69. The molecule has 2 unspecified atom stereocenters. The number of amides is 2. The lowest BCUT2D eigenvalue weighted by atomic mass is 10.1. The first-order valence-corrected chi connectivity index (χ1v) is 10.5. The van der Waals surface area contributed by atoms with Crippen LogP contribution in [0, 0.1) is 0 Å². The Morgan fingerprint density at radius 2 is 1.59 bits per heavy atom. The largest absolute Gasteiger partial charge is 0.459 e. The molecule has 0 radical (unpaired) electrons. The van der Waals surface area contributed by atoms with E-state index in [1.165, 1.54) is 12.1 Å². The summed E-state index contributed by atoms with van der Waals surface area (Å²) < 4.78 is 28.8. The minimum atomic E-state index is -3.24. The van der Waals surface area contributed by atoms with Crippen LogP contribution in [0.25, 0.3) is 11.0 Å². The van der Waals surface area contributed by atoms with Gasteiger partial charge >= 0.3 is 6.03 Å². The van der Waals surface area contributed by atoms with E-state index in [0.717, 1.165) is 22.8 Å². The van der Waals surface area contributed by atoms with Crippen LogP contribution < -0.4 is 10.6 Å². The van der Waals surface area contributed by atoms with E-state index in [9.17, 15) is 13.2 Å². The highest BCUT2D eigenvalue weighted by Gasteiger charge is 2.16. The summed E-state index contributed by atoms with van der Waals surface area (Å²) in [5.74, 6) is 0.677. The molecule has 0 fully saturated rings. The average Bonchev–Trinajstić information content (AvgIpc) is 3.05. The van der Waals surface area contributed by atoms with Gasteiger partial charge in [0.1, 0.15) is 11.3 Å². The first-order valence-electron chi connectivity index (χ1n) is 8.59. The fraction of sp³-hybridized carbons (Fsp3) is 0.250. The number of carbonyl (C=O) groups excluding carboxylic acids is 1. The molecular formula is C20H22N2O4S. The molecule has 7 heteroatoms. The molecule has 0 aliphatic rings. The van der Waals surface area contributed by atoms with E-state index < -0.39 is 9.84 Å². The van der Waals surface area contributed by atoms with Crippen molar-refractivity contribution in [2.45, 2.75) is 30.8 Å². The van der Waals surface area contributed by atoms with Crippen LogP contribution in [0.2, 0.25) is 0 Å². The fourth-order valence-electron chi connectivity index (χ4n) is 2.81. The number of para-hydroxylation sites is 1. The highest BCUT2D eigenvalue weighted by molar-refractivity contribution is 7.90. The van der Waals surface area contributed by atoms with Crippen LogP contribution in [0.4, 0.5) is 4.79 Å². The summed E-state index contributed by atoms with van der Waals surface area (Å²) in [6.45, 7) is 3.68. The van der Waals surface area contributed by atoms with Gasteiger partial charge in [0.25, 0.3) is 0 Å². The standard InChI is InChI=1S/C20H22N2O4S/c1-13(15-8-10-17(11-9-15)27(3,24)25)21-20(23)22-14(2)19-12-16-6-4-5-7-18(16)26-19/h4-14H,1-3H3,(H2,21,22,23). The van der Waals surface area contributed by atoms with Gasteiger partial charge in [0.2, 0.25) is 0 Å². The average molecular weight is 386 g/mol.